The molecule has 0 amide bonds. The van der Waals surface area contributed by atoms with Gasteiger partial charge in [-0.05, 0) is 37.8 Å². The van der Waals surface area contributed by atoms with Crippen LogP contribution in [0.25, 0.3) is 11.5 Å². The third-order valence-electron chi connectivity index (χ3n) is 4.41. The topological polar surface area (TPSA) is 63.6 Å². The highest BCUT2D eigenvalue weighted by molar-refractivity contribution is 7.11. The minimum atomic E-state index is 0.714. The van der Waals surface area contributed by atoms with Crippen LogP contribution in [0.5, 0.6) is 0 Å². The number of rotatable bonds is 6. The summed E-state index contributed by atoms with van der Waals surface area (Å²) in [6.07, 6.45) is 8.97. The van der Waals surface area contributed by atoms with Crippen LogP contribution in [0.3, 0.4) is 0 Å². The summed E-state index contributed by atoms with van der Waals surface area (Å²) in [5, 5.41) is 4.70. The normalized spacial score (nSPS) is 13.0. The summed E-state index contributed by atoms with van der Waals surface area (Å²) in [6, 6.07) is 5.84. The van der Waals surface area contributed by atoms with Crippen LogP contribution in [0.15, 0.2) is 30.6 Å². The first-order chi connectivity index (χ1) is 12.3. The minimum Gasteiger partial charge on any atom is -0.369 e. The first-order valence-electron chi connectivity index (χ1n) is 8.82. The second-order valence-electron chi connectivity index (χ2n) is 6.14. The third-order valence-corrected chi connectivity index (χ3v) is 5.61. The van der Waals surface area contributed by atoms with Crippen LogP contribution < -0.4 is 5.32 Å². The number of nitrogens with zero attached hydrogens (tertiary/aromatic N) is 4. The van der Waals surface area contributed by atoms with Gasteiger partial charge in [-0.25, -0.2) is 15.0 Å². The van der Waals surface area contributed by atoms with E-state index in [1.54, 1.807) is 17.5 Å². The molecule has 0 spiro atoms. The van der Waals surface area contributed by atoms with Gasteiger partial charge in [0, 0.05) is 41.5 Å². The molecule has 0 aromatic carbocycles. The smallest absolute Gasteiger partial charge is 0.180 e. The van der Waals surface area contributed by atoms with Gasteiger partial charge in [0.2, 0.25) is 0 Å². The lowest BCUT2D eigenvalue weighted by molar-refractivity contribution is 0.899. The van der Waals surface area contributed by atoms with E-state index in [0.29, 0.717) is 5.82 Å². The Morgan fingerprint density at radius 2 is 2.12 bits per heavy atom. The summed E-state index contributed by atoms with van der Waals surface area (Å²) >= 11 is 1.80. The molecule has 25 heavy (non-hydrogen) atoms. The van der Waals surface area contributed by atoms with Crippen LogP contribution in [-0.4, -0.2) is 26.5 Å². The van der Waals surface area contributed by atoms with Gasteiger partial charge in [0.25, 0.3) is 0 Å². The van der Waals surface area contributed by atoms with Crippen molar-refractivity contribution < 1.29 is 0 Å². The summed E-state index contributed by atoms with van der Waals surface area (Å²) < 4.78 is 0. The number of fused-ring (bicyclic) bond motifs is 1. The highest BCUT2D eigenvalue weighted by atomic mass is 32.1. The molecular formula is C19H21N5S. The Bertz CT molecular complexity index is 860. The molecular weight excluding hydrogens is 330 g/mol. The molecule has 0 bridgehead atoms. The fourth-order valence-electron chi connectivity index (χ4n) is 3.10. The maximum atomic E-state index is 4.77. The van der Waals surface area contributed by atoms with E-state index in [9.17, 15) is 0 Å². The summed E-state index contributed by atoms with van der Waals surface area (Å²) in [6.45, 7) is 3.00. The molecule has 3 heterocycles. The number of thiazole rings is 1. The molecule has 6 heteroatoms. The molecule has 3 aromatic heterocycles. The fraction of sp³-hybridized carbons (Fsp3) is 0.368. The first-order valence-corrected chi connectivity index (χ1v) is 9.64. The van der Waals surface area contributed by atoms with Crippen LogP contribution in [-0.2, 0) is 25.7 Å². The van der Waals surface area contributed by atoms with E-state index in [1.165, 1.54) is 21.1 Å². The highest BCUT2D eigenvalue weighted by Crippen LogP contribution is 2.28. The van der Waals surface area contributed by atoms with E-state index >= 15 is 0 Å². The summed E-state index contributed by atoms with van der Waals surface area (Å²) in [5.41, 5.74) is 3.27. The van der Waals surface area contributed by atoms with Gasteiger partial charge >= 0.3 is 0 Å². The Kier molecular flexibility index (Phi) is 4.70. The second-order valence-corrected chi connectivity index (χ2v) is 7.34. The molecule has 0 atom stereocenters. The van der Waals surface area contributed by atoms with Crippen molar-refractivity contribution >= 4 is 17.2 Å². The molecule has 4 rings (SSSR count). The Balaban J connectivity index is 1.53. The Morgan fingerprint density at radius 1 is 1.16 bits per heavy atom. The number of aromatic nitrogens is 4. The number of nitrogens with one attached hydrogen (secondary N) is 1. The Labute approximate surface area is 151 Å². The molecule has 1 aliphatic carbocycles. The van der Waals surface area contributed by atoms with Gasteiger partial charge in [-0.3, -0.25) is 4.98 Å². The summed E-state index contributed by atoms with van der Waals surface area (Å²) in [5.74, 6) is 1.68. The number of hydrogen-bond donors (Lipinski definition) is 1. The van der Waals surface area contributed by atoms with Gasteiger partial charge in [-0.1, -0.05) is 13.0 Å². The van der Waals surface area contributed by atoms with Crippen molar-refractivity contribution in [1.29, 1.82) is 0 Å². The van der Waals surface area contributed by atoms with E-state index in [1.807, 2.05) is 24.4 Å². The zero-order valence-electron chi connectivity index (χ0n) is 14.3. The van der Waals surface area contributed by atoms with Gasteiger partial charge in [0.05, 0.1) is 5.01 Å². The molecule has 5 nitrogen and oxygen atoms in total. The quantitative estimate of drug-likeness (QED) is 0.733. The average molecular weight is 351 g/mol. The molecule has 3 aromatic rings. The van der Waals surface area contributed by atoms with Gasteiger partial charge in [0.15, 0.2) is 5.82 Å². The number of pyridine rings is 1. The predicted octanol–water partition coefficient (Wildman–Crippen LogP) is 3.70. The Morgan fingerprint density at radius 3 is 2.92 bits per heavy atom. The van der Waals surface area contributed by atoms with Crippen LogP contribution in [0, 0.1) is 0 Å². The maximum Gasteiger partial charge on any atom is 0.180 e. The lowest BCUT2D eigenvalue weighted by Gasteiger charge is -2.11. The molecule has 0 radical (unpaired) electrons. The van der Waals surface area contributed by atoms with Crippen molar-refractivity contribution in [2.24, 2.45) is 0 Å². The van der Waals surface area contributed by atoms with Crippen LogP contribution in [0.2, 0.25) is 0 Å². The summed E-state index contributed by atoms with van der Waals surface area (Å²) in [7, 11) is 0. The lowest BCUT2D eigenvalue weighted by Crippen LogP contribution is -2.10. The molecule has 0 unspecified atom stereocenters. The third kappa shape index (κ3) is 3.54. The average Bonchev–Trinajstić information content (AvgIpc) is 3.31. The zero-order chi connectivity index (χ0) is 17.1. The lowest BCUT2D eigenvalue weighted by atomic mass is 10.2. The predicted molar refractivity (Wildman–Crippen MR) is 101 cm³/mol. The molecule has 0 aliphatic heterocycles. The van der Waals surface area contributed by atoms with Crippen molar-refractivity contribution in [2.45, 2.75) is 39.0 Å². The molecule has 128 valence electrons. The number of hydrogen-bond acceptors (Lipinski definition) is 6. The standard InChI is InChI=1S/C19H21N5S/c1-2-13-12-22-17(25-13)9-11-21-18-14-6-5-8-15(14)23-19(24-18)16-7-3-4-10-20-16/h3-4,7,10,12H,2,5-6,8-9,11H2,1H3,(H,21,23,24). The van der Waals surface area contributed by atoms with Gasteiger partial charge in [-0.2, -0.15) is 0 Å². The molecule has 0 saturated heterocycles. The van der Waals surface area contributed by atoms with Crippen LogP contribution >= 0.6 is 11.3 Å². The van der Waals surface area contributed by atoms with Crippen molar-refractivity contribution in [3.8, 4) is 11.5 Å². The van der Waals surface area contributed by atoms with E-state index in [4.69, 9.17) is 9.97 Å². The van der Waals surface area contributed by atoms with Gasteiger partial charge in [0.1, 0.15) is 11.5 Å². The van der Waals surface area contributed by atoms with Crippen molar-refractivity contribution in [2.75, 3.05) is 11.9 Å². The molecule has 1 N–H and O–H groups in total. The first kappa shape index (κ1) is 16.1. The van der Waals surface area contributed by atoms with E-state index in [0.717, 1.165) is 50.2 Å². The van der Waals surface area contributed by atoms with E-state index in [2.05, 4.69) is 22.2 Å². The second kappa shape index (κ2) is 7.27. The number of anilines is 1. The van der Waals surface area contributed by atoms with E-state index < -0.39 is 0 Å². The van der Waals surface area contributed by atoms with Crippen molar-refractivity contribution in [3.63, 3.8) is 0 Å². The largest absolute Gasteiger partial charge is 0.369 e. The van der Waals surface area contributed by atoms with Gasteiger partial charge in [-0.15, -0.1) is 11.3 Å². The highest BCUT2D eigenvalue weighted by Gasteiger charge is 2.20. The van der Waals surface area contributed by atoms with Crippen molar-refractivity contribution in [1.82, 2.24) is 19.9 Å². The fourth-order valence-corrected chi connectivity index (χ4v) is 3.97. The molecule has 1 aliphatic rings. The summed E-state index contributed by atoms with van der Waals surface area (Å²) in [4.78, 5) is 19.7. The monoisotopic (exact) mass is 351 g/mol. The maximum absolute atomic E-state index is 4.77. The van der Waals surface area contributed by atoms with Crippen LogP contribution in [0.4, 0.5) is 5.82 Å². The van der Waals surface area contributed by atoms with Gasteiger partial charge < -0.3 is 5.32 Å². The van der Waals surface area contributed by atoms with Crippen molar-refractivity contribution in [3.05, 3.63) is 51.7 Å². The minimum absolute atomic E-state index is 0.714. The molecule has 0 saturated carbocycles. The number of aryl methyl sites for hydroxylation is 2. The van der Waals surface area contributed by atoms with E-state index in [-0.39, 0.29) is 0 Å². The SMILES string of the molecule is CCc1cnc(CCNc2nc(-c3ccccn3)nc3c2CCC3)s1. The molecule has 0 fully saturated rings. The zero-order valence-corrected chi connectivity index (χ0v) is 15.1. The van der Waals surface area contributed by atoms with Crippen LogP contribution in [0.1, 0.15) is 34.5 Å². The Hall–Kier alpha value is -2.34.